The molecule has 2 aliphatic carbocycles. The first-order valence-electron chi connectivity index (χ1n) is 7.31. The smallest absolute Gasteiger partial charge is 0.320 e. The summed E-state index contributed by atoms with van der Waals surface area (Å²) < 4.78 is 42.0. The summed E-state index contributed by atoms with van der Waals surface area (Å²) in [6.07, 6.45) is 0.392. The molecule has 21 heavy (non-hydrogen) atoms. The van der Waals surface area contributed by atoms with Gasteiger partial charge < -0.3 is 9.80 Å². The Morgan fingerprint density at radius 2 is 1.71 bits per heavy atom. The van der Waals surface area contributed by atoms with Crippen LogP contribution in [0.5, 0.6) is 0 Å². The van der Waals surface area contributed by atoms with Gasteiger partial charge in [-0.05, 0) is 26.2 Å². The maximum Gasteiger partial charge on any atom is 0.320 e. The summed E-state index contributed by atoms with van der Waals surface area (Å²) >= 11 is 0. The Morgan fingerprint density at radius 3 is 2.24 bits per heavy atom. The van der Waals surface area contributed by atoms with E-state index in [4.69, 9.17) is 0 Å². The van der Waals surface area contributed by atoms with Crippen molar-refractivity contribution in [2.75, 3.05) is 14.1 Å². The third kappa shape index (κ3) is 2.42. The van der Waals surface area contributed by atoms with Crippen LogP contribution in [0.15, 0.2) is 0 Å². The van der Waals surface area contributed by atoms with Crippen molar-refractivity contribution in [2.45, 2.75) is 61.7 Å². The average Bonchev–Trinajstić information content (AvgIpc) is 3.07. The van der Waals surface area contributed by atoms with Crippen molar-refractivity contribution in [2.24, 2.45) is 0 Å². The first kappa shape index (κ1) is 15.0. The maximum atomic E-state index is 14.4. The lowest BCUT2D eigenvalue weighted by molar-refractivity contribution is 0.150. The van der Waals surface area contributed by atoms with Crippen LogP contribution in [0.1, 0.15) is 32.6 Å². The van der Waals surface area contributed by atoms with Crippen LogP contribution in [0.3, 0.4) is 0 Å². The summed E-state index contributed by atoms with van der Waals surface area (Å²) in [4.78, 5) is 15.0. The first-order chi connectivity index (χ1) is 9.65. The van der Waals surface area contributed by atoms with Crippen molar-refractivity contribution in [1.82, 2.24) is 14.5 Å². The van der Waals surface area contributed by atoms with Crippen molar-refractivity contribution in [1.29, 1.82) is 0 Å². The Labute approximate surface area is 124 Å². The van der Waals surface area contributed by atoms with E-state index in [0.717, 1.165) is 12.8 Å². The molecule has 3 aliphatic rings. The number of likely N-dealkylation sites (N-methyl/N-ethyl adjacent to an activating group) is 2. The molecule has 1 heterocycles. The van der Waals surface area contributed by atoms with Crippen LogP contribution in [0.25, 0.3) is 0 Å². The van der Waals surface area contributed by atoms with E-state index >= 15 is 0 Å². The molecule has 0 bridgehead atoms. The zero-order valence-electron chi connectivity index (χ0n) is 12.5. The molecule has 0 radical (unpaired) electrons. The molecule has 0 spiro atoms. The highest BCUT2D eigenvalue weighted by Gasteiger charge is 2.53. The maximum absolute atomic E-state index is 14.4. The molecule has 120 valence electrons. The van der Waals surface area contributed by atoms with Crippen molar-refractivity contribution >= 4 is 16.1 Å². The number of hydrogen-bond donors (Lipinski definition) is 1. The van der Waals surface area contributed by atoms with Gasteiger partial charge in [-0.2, -0.15) is 0 Å². The van der Waals surface area contributed by atoms with Gasteiger partial charge in [0.25, 0.3) is 0 Å². The van der Waals surface area contributed by atoms with E-state index < -0.39 is 27.0 Å². The topological polar surface area (TPSA) is 69.7 Å². The number of sulfonamides is 1. The molecule has 1 N–H and O–H groups in total. The van der Waals surface area contributed by atoms with Crippen LogP contribution in [0.4, 0.5) is 9.18 Å². The van der Waals surface area contributed by atoms with Gasteiger partial charge in [-0.3, -0.25) is 0 Å². The highest BCUT2D eigenvalue weighted by Crippen LogP contribution is 2.39. The lowest BCUT2D eigenvalue weighted by atomic mass is 9.89. The molecule has 8 heteroatoms. The van der Waals surface area contributed by atoms with Crippen LogP contribution >= 0.6 is 0 Å². The largest absolute Gasteiger partial charge is 0.323 e. The molecule has 1 saturated heterocycles. The lowest BCUT2D eigenvalue weighted by Gasteiger charge is -2.37. The van der Waals surface area contributed by atoms with Gasteiger partial charge in [0.05, 0.1) is 12.1 Å². The van der Waals surface area contributed by atoms with Crippen LogP contribution in [-0.2, 0) is 10.0 Å². The van der Waals surface area contributed by atoms with Crippen molar-refractivity contribution in [3.8, 4) is 0 Å². The normalized spacial score (nSPS) is 38.6. The zero-order valence-corrected chi connectivity index (χ0v) is 13.4. The van der Waals surface area contributed by atoms with Crippen molar-refractivity contribution in [3.05, 3.63) is 0 Å². The highest BCUT2D eigenvalue weighted by atomic mass is 32.2. The number of carbonyl (C=O) groups excluding carboxylic acids is 1. The van der Waals surface area contributed by atoms with E-state index in [0.29, 0.717) is 0 Å². The molecule has 3 rings (SSSR count). The van der Waals surface area contributed by atoms with Gasteiger partial charge >= 0.3 is 6.03 Å². The van der Waals surface area contributed by atoms with Crippen molar-refractivity contribution < 1.29 is 17.6 Å². The molecule has 2 amide bonds. The molecule has 0 aromatic carbocycles. The highest BCUT2D eigenvalue weighted by molar-refractivity contribution is 7.90. The molecule has 0 aromatic rings. The van der Waals surface area contributed by atoms with Gasteiger partial charge in [-0.1, -0.05) is 0 Å². The van der Waals surface area contributed by atoms with Gasteiger partial charge in [-0.25, -0.2) is 22.3 Å². The number of amides is 2. The van der Waals surface area contributed by atoms with E-state index in [9.17, 15) is 17.6 Å². The number of halogens is 1. The minimum atomic E-state index is -3.71. The molecule has 3 fully saturated rings. The molecule has 4 unspecified atom stereocenters. The number of fused-ring (bicyclic) bond motifs is 1. The Hall–Kier alpha value is -0.890. The Kier molecular flexibility index (Phi) is 3.26. The third-order valence-electron chi connectivity index (χ3n) is 5.17. The van der Waals surface area contributed by atoms with Gasteiger partial charge in [0.15, 0.2) is 0 Å². The fourth-order valence-corrected chi connectivity index (χ4v) is 5.47. The van der Waals surface area contributed by atoms with E-state index in [1.165, 1.54) is 9.80 Å². The van der Waals surface area contributed by atoms with Crippen LogP contribution in [-0.4, -0.2) is 67.4 Å². The van der Waals surface area contributed by atoms with Gasteiger partial charge in [0.2, 0.25) is 10.0 Å². The second-order valence-electron chi connectivity index (χ2n) is 6.87. The van der Waals surface area contributed by atoms with E-state index in [-0.39, 0.29) is 31.0 Å². The molecule has 6 nitrogen and oxygen atoms in total. The fraction of sp³-hybridized carbons (Fsp3) is 0.923. The first-order valence-corrected chi connectivity index (χ1v) is 8.86. The zero-order chi connectivity index (χ0) is 15.6. The number of hydrogen-bond acceptors (Lipinski definition) is 3. The predicted molar refractivity (Wildman–Crippen MR) is 76.1 cm³/mol. The monoisotopic (exact) mass is 319 g/mol. The summed E-state index contributed by atoms with van der Waals surface area (Å²) in [6, 6.07) is -0.638. The predicted octanol–water partition coefficient (Wildman–Crippen LogP) is 0.693. The summed E-state index contributed by atoms with van der Waals surface area (Å²) in [5, 5.41) is -1.07. The Balaban J connectivity index is 1.80. The van der Waals surface area contributed by atoms with Gasteiger partial charge in [0.1, 0.15) is 11.4 Å². The number of carbonyl (C=O) groups is 1. The van der Waals surface area contributed by atoms with E-state index in [1.54, 1.807) is 14.1 Å². The Morgan fingerprint density at radius 1 is 1.19 bits per heavy atom. The van der Waals surface area contributed by atoms with Crippen LogP contribution in [0.2, 0.25) is 0 Å². The molecular weight excluding hydrogens is 297 g/mol. The fourth-order valence-electron chi connectivity index (χ4n) is 3.48. The number of alkyl halides is 1. The summed E-state index contributed by atoms with van der Waals surface area (Å²) in [5.41, 5.74) is -0.399. The number of rotatable bonds is 3. The third-order valence-corrected chi connectivity index (χ3v) is 7.24. The quantitative estimate of drug-likeness (QED) is 0.832. The molecule has 1 aliphatic heterocycles. The summed E-state index contributed by atoms with van der Waals surface area (Å²) in [6.45, 7) is 1.84. The lowest BCUT2D eigenvalue weighted by Crippen LogP contribution is -2.54. The van der Waals surface area contributed by atoms with Crippen LogP contribution in [0, 0.1) is 0 Å². The minimum Gasteiger partial charge on any atom is -0.323 e. The molecule has 0 aromatic heterocycles. The number of nitrogens with one attached hydrogen (secondary N) is 1. The minimum absolute atomic E-state index is 0.0829. The second-order valence-corrected chi connectivity index (χ2v) is 8.77. The second kappa shape index (κ2) is 4.55. The van der Waals surface area contributed by atoms with Crippen LogP contribution < -0.4 is 4.72 Å². The average molecular weight is 319 g/mol. The standard InChI is InChI=1S/C13H22FN3O3S/c1-13(4-5-13)15-21(19,20)11-7-10-9(6-8(11)14)16(2)12(18)17(10)3/h8-11,15H,4-7H2,1-3H3. The van der Waals surface area contributed by atoms with Crippen molar-refractivity contribution in [3.63, 3.8) is 0 Å². The summed E-state index contributed by atoms with van der Waals surface area (Å²) in [7, 11) is -0.405. The van der Waals surface area contributed by atoms with E-state index in [2.05, 4.69) is 4.72 Å². The molecule has 4 atom stereocenters. The SMILES string of the molecule is CN1C(=O)N(C)C2CC(S(=O)(=O)NC3(C)CC3)C(F)CC21. The molecule has 2 saturated carbocycles. The number of nitrogens with zero attached hydrogens (tertiary/aromatic N) is 2. The number of urea groups is 1. The molecular formula is C13H22FN3O3S. The summed E-state index contributed by atoms with van der Waals surface area (Å²) in [5.74, 6) is 0. The Bertz CT molecular complexity index is 563. The van der Waals surface area contributed by atoms with Gasteiger partial charge in [-0.15, -0.1) is 0 Å². The van der Waals surface area contributed by atoms with Gasteiger partial charge in [0, 0.05) is 26.1 Å². The van der Waals surface area contributed by atoms with E-state index in [1.807, 2.05) is 6.92 Å².